The molecule has 0 aliphatic heterocycles. The molecular weight excluding hydrogens is 199 g/mol. The van der Waals surface area contributed by atoms with E-state index in [2.05, 4.69) is 9.26 Å². The molecule has 1 N–H and O–H groups in total. The summed E-state index contributed by atoms with van der Waals surface area (Å²) in [5.41, 5.74) is 0. The van der Waals surface area contributed by atoms with Crippen LogP contribution in [0.15, 0.2) is 0 Å². The largest absolute Gasteiger partial charge is 0.478 e. The van der Waals surface area contributed by atoms with Gasteiger partial charge in [0.15, 0.2) is 0 Å². The number of ether oxygens (including phenoxy) is 1. The van der Waals surface area contributed by atoms with E-state index in [0.717, 1.165) is 6.92 Å². The zero-order chi connectivity index (χ0) is 10.4. The Balaban J connectivity index is 4.18. The summed E-state index contributed by atoms with van der Waals surface area (Å²) in [4.78, 5) is 31.4. The fourth-order valence-electron chi connectivity index (χ4n) is 0.579. The van der Waals surface area contributed by atoms with Crippen molar-refractivity contribution in [1.82, 2.24) is 0 Å². The Kier molecular flexibility index (Phi) is 4.99. The summed E-state index contributed by atoms with van der Waals surface area (Å²) in [6, 6.07) is 0. The van der Waals surface area contributed by atoms with Crippen molar-refractivity contribution in [3.05, 3.63) is 0 Å². The lowest BCUT2D eigenvalue weighted by atomic mass is 10.2. The van der Waals surface area contributed by atoms with Gasteiger partial charge >= 0.3 is 17.9 Å². The standard InChI is InChI=1S/C6H9O6P/c1-3(7)11-4(6(9)10)2-5(8)12-13/h4H,2,13H2,1H3,(H,9,10)/t4-/m0/s1. The third-order valence-electron chi connectivity index (χ3n) is 1.07. The van der Waals surface area contributed by atoms with Crippen LogP contribution in [0.5, 0.6) is 0 Å². The van der Waals surface area contributed by atoms with E-state index in [-0.39, 0.29) is 0 Å². The lowest BCUT2D eigenvalue weighted by Crippen LogP contribution is -2.28. The van der Waals surface area contributed by atoms with Gasteiger partial charge in [-0.25, -0.2) is 4.79 Å². The summed E-state index contributed by atoms with van der Waals surface area (Å²) in [7, 11) is 1.68. The number of carbonyl (C=O) groups excluding carboxylic acids is 2. The maximum atomic E-state index is 10.6. The average Bonchev–Trinajstić information content (AvgIpc) is 2.02. The number of carboxylic acids is 1. The lowest BCUT2D eigenvalue weighted by molar-refractivity contribution is -0.165. The molecule has 0 aromatic carbocycles. The van der Waals surface area contributed by atoms with E-state index in [0.29, 0.717) is 0 Å². The van der Waals surface area contributed by atoms with Crippen molar-refractivity contribution >= 4 is 27.4 Å². The van der Waals surface area contributed by atoms with Gasteiger partial charge in [-0.2, -0.15) is 0 Å². The molecule has 0 saturated heterocycles. The molecule has 0 aliphatic rings. The first-order chi connectivity index (χ1) is 5.97. The van der Waals surface area contributed by atoms with Crippen LogP contribution < -0.4 is 0 Å². The normalized spacial score (nSPS) is 11.5. The predicted octanol–water partition coefficient (Wildman–Crippen LogP) is -0.274. The van der Waals surface area contributed by atoms with Crippen molar-refractivity contribution in [3.63, 3.8) is 0 Å². The van der Waals surface area contributed by atoms with Gasteiger partial charge in [0, 0.05) is 6.92 Å². The van der Waals surface area contributed by atoms with Crippen molar-refractivity contribution in [1.29, 1.82) is 0 Å². The molecule has 0 fully saturated rings. The zero-order valence-electron chi connectivity index (χ0n) is 6.85. The number of carboxylic acid groups (broad SMARTS) is 1. The van der Waals surface area contributed by atoms with Crippen molar-refractivity contribution in [2.75, 3.05) is 0 Å². The molecule has 0 heterocycles. The van der Waals surface area contributed by atoms with Crippen LogP contribution in [0.2, 0.25) is 0 Å². The highest BCUT2D eigenvalue weighted by Gasteiger charge is 2.24. The molecule has 13 heavy (non-hydrogen) atoms. The van der Waals surface area contributed by atoms with Crippen LogP contribution in [0.25, 0.3) is 0 Å². The van der Waals surface area contributed by atoms with Crippen molar-refractivity contribution in [3.8, 4) is 0 Å². The molecule has 0 bridgehead atoms. The molecule has 0 amide bonds. The van der Waals surface area contributed by atoms with Gasteiger partial charge in [0.25, 0.3) is 0 Å². The van der Waals surface area contributed by atoms with Crippen LogP contribution >= 0.6 is 9.47 Å². The minimum absolute atomic E-state index is 0.502. The summed E-state index contributed by atoms with van der Waals surface area (Å²) in [6.45, 7) is 1.06. The Morgan fingerprint density at radius 1 is 1.46 bits per heavy atom. The highest BCUT2D eigenvalue weighted by molar-refractivity contribution is 7.10. The second kappa shape index (κ2) is 5.48. The van der Waals surface area contributed by atoms with Gasteiger partial charge in [-0.15, -0.1) is 0 Å². The van der Waals surface area contributed by atoms with Gasteiger partial charge in [0.2, 0.25) is 6.10 Å². The second-order valence-electron chi connectivity index (χ2n) is 2.13. The van der Waals surface area contributed by atoms with Crippen LogP contribution in [0, 0.1) is 0 Å². The fraction of sp³-hybridized carbons (Fsp3) is 0.500. The summed E-state index contributed by atoms with van der Waals surface area (Å²) in [6.07, 6.45) is -1.98. The Labute approximate surface area is 76.5 Å². The molecule has 7 heteroatoms. The number of esters is 1. The van der Waals surface area contributed by atoms with Crippen LogP contribution in [-0.2, 0) is 23.6 Å². The van der Waals surface area contributed by atoms with Crippen LogP contribution in [0.1, 0.15) is 13.3 Å². The topological polar surface area (TPSA) is 89.9 Å². The number of rotatable bonds is 4. The van der Waals surface area contributed by atoms with E-state index in [9.17, 15) is 14.4 Å². The van der Waals surface area contributed by atoms with Gasteiger partial charge in [-0.1, -0.05) is 0 Å². The first kappa shape index (κ1) is 11.8. The van der Waals surface area contributed by atoms with E-state index in [1.165, 1.54) is 0 Å². The number of hydrogen-bond donors (Lipinski definition) is 1. The van der Waals surface area contributed by atoms with Crippen LogP contribution in [-0.4, -0.2) is 29.1 Å². The molecule has 74 valence electrons. The fourth-order valence-corrected chi connectivity index (χ4v) is 0.675. The SMILES string of the molecule is CC(=O)O[C@@H](CC(=O)OP)C(=O)O. The van der Waals surface area contributed by atoms with E-state index >= 15 is 0 Å². The maximum absolute atomic E-state index is 10.6. The van der Waals surface area contributed by atoms with E-state index < -0.39 is 30.4 Å². The zero-order valence-corrected chi connectivity index (χ0v) is 8.00. The quantitative estimate of drug-likeness (QED) is 0.505. The Morgan fingerprint density at radius 2 is 2.00 bits per heavy atom. The third kappa shape index (κ3) is 5.14. The second-order valence-corrected chi connectivity index (χ2v) is 2.37. The molecule has 6 nitrogen and oxygen atoms in total. The van der Waals surface area contributed by atoms with Crippen molar-refractivity contribution in [2.45, 2.75) is 19.4 Å². The highest BCUT2D eigenvalue weighted by atomic mass is 31.0. The van der Waals surface area contributed by atoms with E-state index in [1.54, 1.807) is 9.47 Å². The van der Waals surface area contributed by atoms with Gasteiger partial charge < -0.3 is 14.4 Å². The third-order valence-corrected chi connectivity index (χ3v) is 1.33. The molecule has 0 saturated carbocycles. The first-order valence-electron chi connectivity index (χ1n) is 3.27. The summed E-state index contributed by atoms with van der Waals surface area (Å²) >= 11 is 0. The molecule has 0 aliphatic carbocycles. The minimum atomic E-state index is -1.48. The average molecular weight is 208 g/mol. The summed E-state index contributed by atoms with van der Waals surface area (Å²) in [5, 5.41) is 8.47. The molecule has 0 aromatic heterocycles. The van der Waals surface area contributed by atoms with E-state index in [4.69, 9.17) is 5.11 Å². The van der Waals surface area contributed by atoms with Crippen molar-refractivity contribution in [2.24, 2.45) is 0 Å². The Bertz CT molecular complexity index is 225. The lowest BCUT2D eigenvalue weighted by Gasteiger charge is -2.10. The minimum Gasteiger partial charge on any atom is -0.478 e. The Morgan fingerprint density at radius 3 is 2.31 bits per heavy atom. The molecule has 0 radical (unpaired) electrons. The molecule has 0 aromatic rings. The van der Waals surface area contributed by atoms with Crippen molar-refractivity contribution < 1.29 is 28.8 Å². The molecular formula is C6H9O6P. The number of aliphatic carboxylic acids is 1. The monoisotopic (exact) mass is 208 g/mol. The predicted molar refractivity (Wildman–Crippen MR) is 43.6 cm³/mol. The summed E-state index contributed by atoms with van der Waals surface area (Å²) < 4.78 is 8.47. The van der Waals surface area contributed by atoms with Crippen LogP contribution in [0.4, 0.5) is 0 Å². The van der Waals surface area contributed by atoms with Gasteiger partial charge in [0.1, 0.15) is 0 Å². The smallest absolute Gasteiger partial charge is 0.345 e. The number of carbonyl (C=O) groups is 3. The van der Waals surface area contributed by atoms with Gasteiger partial charge in [0.05, 0.1) is 15.9 Å². The van der Waals surface area contributed by atoms with Gasteiger partial charge in [-0.3, -0.25) is 9.59 Å². The molecule has 1 unspecified atom stereocenters. The van der Waals surface area contributed by atoms with Crippen LogP contribution in [0.3, 0.4) is 0 Å². The van der Waals surface area contributed by atoms with Gasteiger partial charge in [-0.05, 0) is 0 Å². The molecule has 0 rings (SSSR count). The summed E-state index contributed by atoms with van der Waals surface area (Å²) in [5.74, 6) is -2.92. The van der Waals surface area contributed by atoms with E-state index in [1.807, 2.05) is 0 Å². The maximum Gasteiger partial charge on any atom is 0.345 e. The highest BCUT2D eigenvalue weighted by Crippen LogP contribution is 2.03. The Hall–Kier alpha value is -1.16. The molecule has 0 spiro atoms. The molecule has 2 atom stereocenters. The first-order valence-corrected chi connectivity index (χ1v) is 3.74. The number of hydrogen-bond acceptors (Lipinski definition) is 5.